The Morgan fingerprint density at radius 2 is 1.60 bits per heavy atom. The molecule has 0 unspecified atom stereocenters. The summed E-state index contributed by atoms with van der Waals surface area (Å²) >= 11 is 0. The molecule has 0 saturated carbocycles. The molecule has 5 heavy (non-hydrogen) atoms. The van der Waals surface area contributed by atoms with Gasteiger partial charge in [-0.25, -0.2) is 0 Å². The van der Waals surface area contributed by atoms with Crippen LogP contribution in [0, 0.1) is 5.41 Å². The van der Waals surface area contributed by atoms with E-state index >= 15 is 0 Å². The van der Waals surface area contributed by atoms with E-state index in [4.69, 9.17) is 5.41 Å². The van der Waals surface area contributed by atoms with E-state index in [0.717, 1.165) is 0 Å². The predicted octanol–water partition coefficient (Wildman–Crippen LogP) is -4.04. The van der Waals surface area contributed by atoms with Crippen LogP contribution in [-0.4, -0.2) is 5.96 Å². The molecule has 0 heterocycles. The molecule has 0 amide bonds. The number of nitrogens with one attached hydrogen (secondary N) is 1. The second-order valence-electron chi connectivity index (χ2n) is 0.455. The average Bonchev–Trinajstić information content (AvgIpc) is 0.811. The van der Waals surface area contributed by atoms with Crippen LogP contribution in [0.4, 0.5) is 0 Å². The van der Waals surface area contributed by atoms with Gasteiger partial charge in [0.1, 0.15) is 0 Å². The van der Waals surface area contributed by atoms with Gasteiger partial charge in [0.2, 0.25) is 0 Å². The Bertz CT molecular complexity index is 33.8. The molecule has 0 fully saturated rings. The minimum atomic E-state index is -0.333. The van der Waals surface area contributed by atoms with E-state index in [9.17, 15) is 0 Å². The van der Waals surface area contributed by atoms with Gasteiger partial charge in [-0.05, 0) is 0 Å². The van der Waals surface area contributed by atoms with E-state index in [1.54, 1.807) is 0 Å². The van der Waals surface area contributed by atoms with E-state index < -0.39 is 0 Å². The maximum absolute atomic E-state index is 6.06. The molecule has 0 aromatic carbocycles. The van der Waals surface area contributed by atoms with Crippen molar-refractivity contribution in [3.05, 3.63) is 0 Å². The first-order chi connectivity index (χ1) is 1.73. The predicted molar refractivity (Wildman–Crippen MR) is 17.2 cm³/mol. The molecule has 5 N–H and O–H groups in total. The third kappa shape index (κ3) is 50.4. The van der Waals surface area contributed by atoms with Crippen molar-refractivity contribution in [3.63, 3.8) is 0 Å². The zero-order chi connectivity index (χ0) is 3.58. The van der Waals surface area contributed by atoms with Crippen LogP contribution < -0.4 is 62.9 Å². The molecule has 0 aliphatic carbocycles. The van der Waals surface area contributed by atoms with Gasteiger partial charge in [0, 0.05) is 0 Å². The second-order valence-corrected chi connectivity index (χ2v) is 0.455. The third-order valence-electron chi connectivity index (χ3n) is 0. The van der Waals surface area contributed by atoms with Crippen LogP contribution in [0.5, 0.6) is 0 Å². The van der Waals surface area contributed by atoms with E-state index in [2.05, 4.69) is 11.5 Å². The number of rotatable bonds is 0. The van der Waals surface area contributed by atoms with Crippen LogP contribution in [0.25, 0.3) is 0 Å². The van der Waals surface area contributed by atoms with Crippen LogP contribution in [-0.2, 0) is 0 Å². The van der Waals surface area contributed by atoms with Gasteiger partial charge >= 0.3 is 51.4 Å². The van der Waals surface area contributed by atoms with Gasteiger partial charge in [0.15, 0.2) is 5.96 Å². The molecule has 0 aromatic rings. The zero-order valence-corrected chi connectivity index (χ0v) is 6.28. The second kappa shape index (κ2) is 4.91. The molecule has 26 valence electrons. The maximum atomic E-state index is 6.06. The van der Waals surface area contributed by atoms with Crippen molar-refractivity contribution in [2.45, 2.75) is 0 Å². The molecule has 0 aliphatic heterocycles. The number of hydrogen-bond acceptors (Lipinski definition) is 1. The largest absolute Gasteiger partial charge is 1.00 e. The van der Waals surface area contributed by atoms with Crippen molar-refractivity contribution in [2.24, 2.45) is 11.5 Å². The molecular weight excluding hydrogens is 93.1 g/mol. The third-order valence-corrected chi connectivity index (χ3v) is 0. The first-order valence-electron chi connectivity index (χ1n) is 0.827. The Balaban J connectivity index is -0.0000000450. The summed E-state index contributed by atoms with van der Waals surface area (Å²) in [5, 5.41) is 6.06. The molecular formula is CH6KN3. The molecule has 0 atom stereocenters. The van der Waals surface area contributed by atoms with Crippen LogP contribution >= 0.6 is 0 Å². The first kappa shape index (κ1) is 9.32. The van der Waals surface area contributed by atoms with Gasteiger partial charge in [0.25, 0.3) is 0 Å². The fourth-order valence-corrected chi connectivity index (χ4v) is 0. The molecule has 0 aromatic heterocycles. The van der Waals surface area contributed by atoms with Gasteiger partial charge in [-0.1, -0.05) is 0 Å². The Morgan fingerprint density at radius 3 is 1.60 bits per heavy atom. The minimum Gasteiger partial charge on any atom is -1.00 e. The van der Waals surface area contributed by atoms with Crippen LogP contribution in [0.3, 0.4) is 0 Å². The Hall–Kier alpha value is 0.906. The van der Waals surface area contributed by atoms with E-state index in [1.807, 2.05) is 0 Å². The number of guanidine groups is 1. The fourth-order valence-electron chi connectivity index (χ4n) is 0. The van der Waals surface area contributed by atoms with Gasteiger partial charge in [-0.2, -0.15) is 0 Å². The summed E-state index contributed by atoms with van der Waals surface area (Å²) in [5.74, 6) is -0.333. The Kier molecular flexibility index (Phi) is 9.14. The molecule has 4 heteroatoms. The Morgan fingerprint density at radius 1 is 1.60 bits per heavy atom. The normalized spacial score (nSPS) is 4.80. The van der Waals surface area contributed by atoms with E-state index in [1.165, 1.54) is 0 Å². The maximum Gasteiger partial charge on any atom is 1.00 e. The molecule has 0 radical (unpaired) electrons. The van der Waals surface area contributed by atoms with Crippen LogP contribution in [0.15, 0.2) is 0 Å². The smallest absolute Gasteiger partial charge is 1.00 e. The van der Waals surface area contributed by atoms with Crippen molar-refractivity contribution in [2.75, 3.05) is 0 Å². The quantitative estimate of drug-likeness (QED) is 0.164. The molecule has 0 rings (SSSR count). The number of nitrogens with two attached hydrogens (primary N) is 2. The van der Waals surface area contributed by atoms with E-state index in [0.29, 0.717) is 0 Å². The van der Waals surface area contributed by atoms with Crippen molar-refractivity contribution >= 4 is 5.96 Å². The molecule has 0 spiro atoms. The summed E-state index contributed by atoms with van der Waals surface area (Å²) in [7, 11) is 0. The molecule has 3 nitrogen and oxygen atoms in total. The number of hydrogen-bond donors (Lipinski definition) is 3. The Labute approximate surface area is 74.5 Å². The molecule has 0 saturated heterocycles. The summed E-state index contributed by atoms with van der Waals surface area (Å²) in [6.07, 6.45) is 0. The van der Waals surface area contributed by atoms with Gasteiger partial charge in [-0.15, -0.1) is 0 Å². The van der Waals surface area contributed by atoms with Gasteiger partial charge < -0.3 is 12.9 Å². The van der Waals surface area contributed by atoms with Gasteiger partial charge in [0.05, 0.1) is 0 Å². The zero-order valence-electron chi connectivity index (χ0n) is 4.15. The summed E-state index contributed by atoms with van der Waals surface area (Å²) in [6, 6.07) is 0. The van der Waals surface area contributed by atoms with E-state index in [-0.39, 0.29) is 58.8 Å². The van der Waals surface area contributed by atoms with Crippen LogP contribution in [0.1, 0.15) is 1.43 Å². The van der Waals surface area contributed by atoms with Crippen molar-refractivity contribution in [1.82, 2.24) is 0 Å². The van der Waals surface area contributed by atoms with Crippen molar-refractivity contribution in [1.29, 1.82) is 5.41 Å². The summed E-state index contributed by atoms with van der Waals surface area (Å²) in [5.41, 5.74) is 8.94. The standard InChI is InChI=1S/CH5N3.K.H/c2-1(3)4;;/h(H5,2,3,4);;/q;+1;-1. The topological polar surface area (TPSA) is 75.9 Å². The molecule has 0 bridgehead atoms. The average molecular weight is 99.2 g/mol. The van der Waals surface area contributed by atoms with Gasteiger partial charge in [-0.3, -0.25) is 5.41 Å². The SMILES string of the molecule is N=C(N)N.[H-].[K+]. The fraction of sp³-hybridized carbons (Fsp3) is 0. The summed E-state index contributed by atoms with van der Waals surface area (Å²) in [6.45, 7) is 0. The van der Waals surface area contributed by atoms with Crippen molar-refractivity contribution < 1.29 is 52.8 Å². The van der Waals surface area contributed by atoms with Crippen molar-refractivity contribution in [3.8, 4) is 0 Å². The van der Waals surface area contributed by atoms with Crippen LogP contribution in [0.2, 0.25) is 0 Å². The summed E-state index contributed by atoms with van der Waals surface area (Å²) < 4.78 is 0. The summed E-state index contributed by atoms with van der Waals surface area (Å²) in [4.78, 5) is 0. The molecule has 0 aliphatic rings. The first-order valence-corrected chi connectivity index (χ1v) is 0.827. The monoisotopic (exact) mass is 99.0 g/mol. The minimum absolute atomic E-state index is 0.